The van der Waals surface area contributed by atoms with Crippen molar-refractivity contribution in [3.05, 3.63) is 132 Å². The summed E-state index contributed by atoms with van der Waals surface area (Å²) in [7, 11) is 1.39. The van der Waals surface area contributed by atoms with E-state index < -0.39 is 0 Å². The van der Waals surface area contributed by atoms with E-state index in [0.29, 0.717) is 17.7 Å². The molecule has 0 unspecified atom stereocenters. The van der Waals surface area contributed by atoms with E-state index in [1.807, 2.05) is 55.6 Å². The summed E-state index contributed by atoms with van der Waals surface area (Å²) in [5.41, 5.74) is 7.55. The highest BCUT2D eigenvalue weighted by molar-refractivity contribution is 6.03. The Morgan fingerprint density at radius 1 is 0.684 bits per heavy atom. The van der Waals surface area contributed by atoms with Crippen LogP contribution in [0, 0.1) is 6.92 Å². The Balaban J connectivity index is 1.33. The van der Waals surface area contributed by atoms with Crippen LogP contribution in [0.3, 0.4) is 0 Å². The Morgan fingerprint density at radius 2 is 1.29 bits per heavy atom. The van der Waals surface area contributed by atoms with Crippen LogP contribution in [-0.2, 0) is 11.3 Å². The average Bonchev–Trinajstić information content (AvgIpc) is 3.56. The van der Waals surface area contributed by atoms with E-state index in [0.717, 1.165) is 44.1 Å². The number of esters is 1. The number of carbonyl (C=O) groups is 2. The normalized spacial score (nSPS) is 11.2. The highest BCUT2D eigenvalue weighted by Gasteiger charge is 2.13. The number of aromatic nitrogens is 2. The smallest absolute Gasteiger partial charge is 0.337 e. The largest absolute Gasteiger partial charge is 0.465 e. The second kappa shape index (κ2) is 9.52. The first-order valence-electron chi connectivity index (χ1n) is 12.5. The third-order valence-electron chi connectivity index (χ3n) is 7.05. The Kier molecular flexibility index (Phi) is 5.89. The molecule has 0 aliphatic rings. The zero-order valence-electron chi connectivity index (χ0n) is 21.2. The molecule has 0 aliphatic heterocycles. The minimum atomic E-state index is -0.337. The maximum Gasteiger partial charge on any atom is 0.337 e. The van der Waals surface area contributed by atoms with Crippen LogP contribution in [0.1, 0.15) is 31.8 Å². The molecule has 5 nitrogen and oxygen atoms in total. The molecule has 0 aliphatic carbocycles. The molecule has 0 saturated carbocycles. The number of ether oxygens (including phenoxy) is 1. The number of aryl methyl sites for hydroxylation is 1. The monoisotopic (exact) mass is 498 g/mol. The number of nitrogens with zero attached hydrogens (tertiary/aromatic N) is 2. The molecule has 0 saturated heterocycles. The van der Waals surface area contributed by atoms with Crippen LogP contribution in [0.25, 0.3) is 32.9 Å². The minimum absolute atomic E-state index is 0.0419. The quantitative estimate of drug-likeness (QED) is 0.238. The van der Waals surface area contributed by atoms with Crippen molar-refractivity contribution in [2.75, 3.05) is 7.11 Å². The minimum Gasteiger partial charge on any atom is -0.465 e. The summed E-state index contributed by atoms with van der Waals surface area (Å²) >= 11 is 0. The standard InChI is InChI=1S/C33H26N2O3/c1-22-3-7-26(8-4-22)32(36)35-18-16-25-12-14-29(20-31(25)35)28-13-11-24-15-17-34(30(24)19-28)21-23-5-9-27(10-6-23)33(37)38-2/h3-20H,21H2,1-2H3. The van der Waals surface area contributed by atoms with E-state index in [9.17, 15) is 9.59 Å². The van der Waals surface area contributed by atoms with Crippen LogP contribution < -0.4 is 0 Å². The molecule has 186 valence electrons. The van der Waals surface area contributed by atoms with Crippen LogP contribution in [0.15, 0.2) is 109 Å². The molecule has 6 aromatic rings. The number of rotatable bonds is 5. The zero-order chi connectivity index (χ0) is 26.2. The molecule has 0 fully saturated rings. The summed E-state index contributed by atoms with van der Waals surface area (Å²) in [5.74, 6) is -0.379. The molecular formula is C33H26N2O3. The van der Waals surface area contributed by atoms with Gasteiger partial charge >= 0.3 is 5.97 Å². The van der Waals surface area contributed by atoms with Crippen molar-refractivity contribution in [3.63, 3.8) is 0 Å². The van der Waals surface area contributed by atoms with Gasteiger partial charge in [-0.15, -0.1) is 0 Å². The van der Waals surface area contributed by atoms with Gasteiger partial charge in [-0.05, 0) is 77.5 Å². The van der Waals surface area contributed by atoms with E-state index in [1.54, 1.807) is 16.7 Å². The van der Waals surface area contributed by atoms with Gasteiger partial charge in [0.2, 0.25) is 0 Å². The van der Waals surface area contributed by atoms with Gasteiger partial charge in [0.1, 0.15) is 0 Å². The second-order valence-corrected chi connectivity index (χ2v) is 9.54. The maximum atomic E-state index is 13.2. The third kappa shape index (κ3) is 4.28. The van der Waals surface area contributed by atoms with Crippen molar-refractivity contribution >= 4 is 33.7 Å². The van der Waals surface area contributed by atoms with E-state index >= 15 is 0 Å². The molecule has 0 bridgehead atoms. The molecule has 6 rings (SSSR count). The van der Waals surface area contributed by atoms with Crippen LogP contribution in [0.4, 0.5) is 0 Å². The number of benzene rings is 4. The predicted octanol–water partition coefficient (Wildman–Crippen LogP) is 7.09. The fourth-order valence-electron chi connectivity index (χ4n) is 4.88. The van der Waals surface area contributed by atoms with Gasteiger partial charge in [0.25, 0.3) is 5.91 Å². The zero-order valence-corrected chi connectivity index (χ0v) is 21.2. The lowest BCUT2D eigenvalue weighted by atomic mass is 10.0. The van der Waals surface area contributed by atoms with Gasteiger partial charge in [0.15, 0.2) is 0 Å². The van der Waals surface area contributed by atoms with E-state index in [2.05, 4.69) is 53.2 Å². The summed E-state index contributed by atoms with van der Waals surface area (Å²) in [5, 5.41) is 2.17. The van der Waals surface area contributed by atoms with E-state index in [1.165, 1.54) is 7.11 Å². The number of hydrogen-bond donors (Lipinski definition) is 0. The van der Waals surface area contributed by atoms with Crippen LogP contribution in [-0.4, -0.2) is 28.1 Å². The van der Waals surface area contributed by atoms with Crippen molar-refractivity contribution in [1.29, 1.82) is 0 Å². The lowest BCUT2D eigenvalue weighted by molar-refractivity contribution is 0.0600. The molecule has 4 aromatic carbocycles. The third-order valence-corrected chi connectivity index (χ3v) is 7.05. The van der Waals surface area contributed by atoms with Crippen molar-refractivity contribution in [1.82, 2.24) is 9.13 Å². The van der Waals surface area contributed by atoms with Crippen molar-refractivity contribution in [3.8, 4) is 11.1 Å². The van der Waals surface area contributed by atoms with Gasteiger partial charge in [-0.25, -0.2) is 4.79 Å². The number of hydrogen-bond acceptors (Lipinski definition) is 3. The molecule has 2 heterocycles. The lowest BCUT2D eigenvalue weighted by Gasteiger charge is -2.10. The fourth-order valence-corrected chi connectivity index (χ4v) is 4.88. The predicted molar refractivity (Wildman–Crippen MR) is 151 cm³/mol. The molecular weight excluding hydrogens is 472 g/mol. The van der Waals surface area contributed by atoms with Crippen molar-refractivity contribution in [2.24, 2.45) is 0 Å². The highest BCUT2D eigenvalue weighted by Crippen LogP contribution is 2.29. The fraction of sp³-hybridized carbons (Fsp3) is 0.0909. The number of fused-ring (bicyclic) bond motifs is 2. The van der Waals surface area contributed by atoms with Crippen molar-refractivity contribution in [2.45, 2.75) is 13.5 Å². The summed E-state index contributed by atoms with van der Waals surface area (Å²) in [4.78, 5) is 25.0. The highest BCUT2D eigenvalue weighted by atomic mass is 16.5. The van der Waals surface area contributed by atoms with Crippen molar-refractivity contribution < 1.29 is 14.3 Å². The van der Waals surface area contributed by atoms with Crippen LogP contribution in [0.5, 0.6) is 0 Å². The molecule has 2 aromatic heterocycles. The maximum absolute atomic E-state index is 13.2. The van der Waals surface area contributed by atoms with E-state index in [-0.39, 0.29) is 11.9 Å². The Morgan fingerprint density at radius 3 is 1.97 bits per heavy atom. The van der Waals surface area contributed by atoms with Gasteiger partial charge in [0.05, 0.1) is 18.2 Å². The van der Waals surface area contributed by atoms with Gasteiger partial charge in [-0.2, -0.15) is 0 Å². The lowest BCUT2D eigenvalue weighted by Crippen LogP contribution is -2.10. The van der Waals surface area contributed by atoms with Gasteiger partial charge in [-0.1, -0.05) is 54.1 Å². The van der Waals surface area contributed by atoms with Crippen LogP contribution >= 0.6 is 0 Å². The Bertz CT molecular complexity index is 1810. The first-order valence-corrected chi connectivity index (χ1v) is 12.5. The Hall–Kier alpha value is -4.90. The van der Waals surface area contributed by atoms with Crippen LogP contribution in [0.2, 0.25) is 0 Å². The Labute approximate surface area is 220 Å². The van der Waals surface area contributed by atoms with Gasteiger partial charge in [-0.3, -0.25) is 9.36 Å². The molecule has 38 heavy (non-hydrogen) atoms. The van der Waals surface area contributed by atoms with Gasteiger partial charge in [0, 0.05) is 35.4 Å². The molecule has 0 amide bonds. The summed E-state index contributed by atoms with van der Waals surface area (Å²) in [6.07, 6.45) is 3.92. The molecule has 0 N–H and O–H groups in total. The van der Waals surface area contributed by atoms with Gasteiger partial charge < -0.3 is 9.30 Å². The number of carbonyl (C=O) groups excluding carboxylic acids is 2. The topological polar surface area (TPSA) is 53.2 Å². The van der Waals surface area contributed by atoms with E-state index in [4.69, 9.17) is 4.74 Å². The molecule has 0 atom stereocenters. The summed E-state index contributed by atoms with van der Waals surface area (Å²) in [6, 6.07) is 31.9. The first-order chi connectivity index (χ1) is 18.5. The first kappa shape index (κ1) is 23.5. The molecule has 0 radical (unpaired) electrons. The molecule has 5 heteroatoms. The second-order valence-electron chi connectivity index (χ2n) is 9.54. The average molecular weight is 499 g/mol. The molecule has 0 spiro atoms. The summed E-state index contributed by atoms with van der Waals surface area (Å²) in [6.45, 7) is 2.70. The SMILES string of the molecule is COC(=O)c1ccc(Cn2ccc3ccc(-c4ccc5ccn(C(=O)c6ccc(C)cc6)c5c4)cc32)cc1. The summed E-state index contributed by atoms with van der Waals surface area (Å²) < 4.78 is 8.73. The number of methoxy groups -OCH3 is 1.